The molecule has 180 valence electrons. The minimum absolute atomic E-state index is 0.00612. The Bertz CT molecular complexity index is 1250. The first-order chi connectivity index (χ1) is 16.1. The van der Waals surface area contributed by atoms with E-state index in [0.29, 0.717) is 6.42 Å². The van der Waals surface area contributed by atoms with E-state index in [2.05, 4.69) is 4.74 Å². The number of carbonyl (C=O) groups excluding carboxylic acids is 2. The molecule has 0 atom stereocenters. The molecule has 0 radical (unpaired) electrons. The molecular formula is C23H19F3O8. The number of hydrogen-bond donors (Lipinski definition) is 0. The van der Waals surface area contributed by atoms with E-state index in [9.17, 15) is 27.6 Å². The fourth-order valence-electron chi connectivity index (χ4n) is 2.78. The maximum absolute atomic E-state index is 13.7. The van der Waals surface area contributed by atoms with Crippen molar-refractivity contribution >= 4 is 22.9 Å². The average molecular weight is 480 g/mol. The molecule has 0 aliphatic rings. The van der Waals surface area contributed by atoms with E-state index in [0.717, 1.165) is 13.2 Å². The number of fused-ring (bicyclic) bond motifs is 1. The molecule has 0 saturated carbocycles. The molecule has 0 aliphatic heterocycles. The Hall–Kier alpha value is -4.02. The van der Waals surface area contributed by atoms with Crippen molar-refractivity contribution in [2.45, 2.75) is 19.5 Å². The minimum atomic E-state index is -5.06. The first-order valence-corrected chi connectivity index (χ1v) is 9.96. The zero-order chi connectivity index (χ0) is 24.9. The lowest BCUT2D eigenvalue weighted by atomic mass is 10.2. The minimum Gasteiger partial charge on any atom is -0.482 e. The molecule has 0 spiro atoms. The third-order valence-corrected chi connectivity index (χ3v) is 4.41. The zero-order valence-electron chi connectivity index (χ0n) is 18.1. The summed E-state index contributed by atoms with van der Waals surface area (Å²) in [5.41, 5.74) is -1.32. The van der Waals surface area contributed by atoms with Gasteiger partial charge in [-0.05, 0) is 42.8 Å². The van der Waals surface area contributed by atoms with Crippen LogP contribution in [0.1, 0.15) is 29.5 Å². The van der Waals surface area contributed by atoms with Gasteiger partial charge < -0.3 is 23.4 Å². The van der Waals surface area contributed by atoms with Crippen LogP contribution in [0.4, 0.5) is 13.2 Å². The molecule has 2 aromatic carbocycles. The molecule has 0 unspecified atom stereocenters. The van der Waals surface area contributed by atoms with Gasteiger partial charge in [-0.3, -0.25) is 4.79 Å². The zero-order valence-corrected chi connectivity index (χ0v) is 18.1. The molecule has 3 aromatic rings. The standard InChI is InChI=1S/C23H19F3O8/c1-3-10-31-22(29)13-4-6-14(7-5-13)33-20-19(28)16-9-8-15(32-12-18(27)30-2)11-17(16)34-21(20)23(24,25)26/h4-9,11H,3,10,12H2,1-2H3. The predicted octanol–water partition coefficient (Wildman–Crippen LogP) is 4.72. The van der Waals surface area contributed by atoms with Gasteiger partial charge in [-0.2, -0.15) is 13.2 Å². The molecule has 0 saturated heterocycles. The third-order valence-electron chi connectivity index (χ3n) is 4.41. The Morgan fingerprint density at radius 2 is 1.71 bits per heavy atom. The molecule has 1 heterocycles. The van der Waals surface area contributed by atoms with E-state index in [-0.39, 0.29) is 29.1 Å². The molecule has 3 rings (SSSR count). The van der Waals surface area contributed by atoms with Gasteiger partial charge in [0.2, 0.25) is 11.2 Å². The highest BCUT2D eigenvalue weighted by molar-refractivity contribution is 5.89. The van der Waals surface area contributed by atoms with Crippen molar-refractivity contribution < 1.29 is 46.1 Å². The van der Waals surface area contributed by atoms with Crippen LogP contribution in [0.2, 0.25) is 0 Å². The lowest BCUT2D eigenvalue weighted by molar-refractivity contribution is -0.154. The summed E-state index contributed by atoms with van der Waals surface area (Å²) in [7, 11) is 1.15. The van der Waals surface area contributed by atoms with Gasteiger partial charge in [0, 0.05) is 6.07 Å². The highest BCUT2D eigenvalue weighted by Crippen LogP contribution is 2.38. The van der Waals surface area contributed by atoms with Gasteiger partial charge in [0.15, 0.2) is 6.61 Å². The van der Waals surface area contributed by atoms with E-state index in [1.165, 1.54) is 36.4 Å². The SMILES string of the molecule is CCCOC(=O)c1ccc(Oc2c(C(F)(F)F)oc3cc(OCC(=O)OC)ccc3c2=O)cc1. The van der Waals surface area contributed by atoms with Gasteiger partial charge in [0.05, 0.1) is 24.7 Å². The largest absolute Gasteiger partial charge is 0.482 e. The number of ether oxygens (including phenoxy) is 4. The predicted molar refractivity (Wildman–Crippen MR) is 112 cm³/mol. The van der Waals surface area contributed by atoms with Crippen molar-refractivity contribution in [3.05, 3.63) is 64.0 Å². The monoisotopic (exact) mass is 480 g/mol. The van der Waals surface area contributed by atoms with Crippen LogP contribution in [0.5, 0.6) is 17.2 Å². The van der Waals surface area contributed by atoms with Crippen LogP contribution in [-0.4, -0.2) is 32.3 Å². The van der Waals surface area contributed by atoms with Gasteiger partial charge in [-0.25, -0.2) is 9.59 Å². The van der Waals surface area contributed by atoms with Crippen LogP contribution in [0.25, 0.3) is 11.0 Å². The van der Waals surface area contributed by atoms with Crippen molar-refractivity contribution in [3.63, 3.8) is 0 Å². The Morgan fingerprint density at radius 3 is 2.32 bits per heavy atom. The van der Waals surface area contributed by atoms with Crippen LogP contribution in [0.15, 0.2) is 51.7 Å². The number of alkyl halides is 3. The number of rotatable bonds is 8. The van der Waals surface area contributed by atoms with E-state index < -0.39 is 47.2 Å². The van der Waals surface area contributed by atoms with Gasteiger partial charge in [0.1, 0.15) is 17.1 Å². The summed E-state index contributed by atoms with van der Waals surface area (Å²) in [4.78, 5) is 35.9. The van der Waals surface area contributed by atoms with Crippen molar-refractivity contribution in [2.75, 3.05) is 20.3 Å². The average Bonchev–Trinajstić information content (AvgIpc) is 2.82. The number of halogens is 3. The lowest BCUT2D eigenvalue weighted by Crippen LogP contribution is -2.16. The summed E-state index contributed by atoms with van der Waals surface area (Å²) < 4.78 is 65.8. The Balaban J connectivity index is 1.96. The van der Waals surface area contributed by atoms with Crippen molar-refractivity contribution in [1.82, 2.24) is 0 Å². The molecule has 1 aromatic heterocycles. The van der Waals surface area contributed by atoms with Crippen LogP contribution < -0.4 is 14.9 Å². The second kappa shape index (κ2) is 10.3. The topological polar surface area (TPSA) is 101 Å². The molecule has 8 nitrogen and oxygen atoms in total. The highest BCUT2D eigenvalue weighted by atomic mass is 19.4. The lowest BCUT2D eigenvalue weighted by Gasteiger charge is -2.14. The molecule has 0 bridgehead atoms. The summed E-state index contributed by atoms with van der Waals surface area (Å²) >= 11 is 0. The van der Waals surface area contributed by atoms with Crippen LogP contribution >= 0.6 is 0 Å². The van der Waals surface area contributed by atoms with E-state index in [1.807, 2.05) is 6.92 Å². The van der Waals surface area contributed by atoms with Crippen LogP contribution in [-0.2, 0) is 20.4 Å². The number of benzene rings is 2. The first-order valence-electron chi connectivity index (χ1n) is 9.96. The third kappa shape index (κ3) is 5.66. The van der Waals surface area contributed by atoms with Crippen molar-refractivity contribution in [3.8, 4) is 17.2 Å². The number of hydrogen-bond acceptors (Lipinski definition) is 8. The Labute approximate surface area is 190 Å². The van der Waals surface area contributed by atoms with Gasteiger partial charge in [0.25, 0.3) is 5.76 Å². The number of carbonyl (C=O) groups is 2. The Kier molecular flexibility index (Phi) is 7.44. The summed E-state index contributed by atoms with van der Waals surface area (Å²) in [5.74, 6) is -4.15. The van der Waals surface area contributed by atoms with Crippen LogP contribution in [0.3, 0.4) is 0 Å². The smallest absolute Gasteiger partial charge is 0.453 e. The fourth-order valence-corrected chi connectivity index (χ4v) is 2.78. The fraction of sp³-hybridized carbons (Fsp3) is 0.261. The molecule has 0 aliphatic carbocycles. The van der Waals surface area contributed by atoms with Gasteiger partial charge >= 0.3 is 18.1 Å². The van der Waals surface area contributed by atoms with E-state index in [4.69, 9.17) is 18.6 Å². The maximum atomic E-state index is 13.7. The second-order valence-electron chi connectivity index (χ2n) is 6.87. The maximum Gasteiger partial charge on any atom is 0.453 e. The first kappa shape index (κ1) is 24.6. The van der Waals surface area contributed by atoms with Gasteiger partial charge in [-0.15, -0.1) is 0 Å². The molecule has 0 fully saturated rings. The summed E-state index contributed by atoms with van der Waals surface area (Å²) in [5, 5.41) is -0.201. The van der Waals surface area contributed by atoms with Crippen LogP contribution in [0, 0.1) is 0 Å². The second-order valence-corrected chi connectivity index (χ2v) is 6.87. The number of esters is 2. The highest BCUT2D eigenvalue weighted by Gasteiger charge is 2.40. The Morgan fingerprint density at radius 1 is 1.03 bits per heavy atom. The molecule has 0 N–H and O–H groups in total. The quantitative estimate of drug-likeness (QED) is 0.427. The molecular weight excluding hydrogens is 461 g/mol. The van der Waals surface area contributed by atoms with Crippen molar-refractivity contribution in [2.24, 2.45) is 0 Å². The molecule has 34 heavy (non-hydrogen) atoms. The molecule has 0 amide bonds. The molecule has 11 heteroatoms. The van der Waals surface area contributed by atoms with E-state index >= 15 is 0 Å². The summed E-state index contributed by atoms with van der Waals surface area (Å²) in [6.07, 6.45) is -4.43. The van der Waals surface area contributed by atoms with Gasteiger partial charge in [-0.1, -0.05) is 6.92 Å². The number of methoxy groups -OCH3 is 1. The van der Waals surface area contributed by atoms with E-state index in [1.54, 1.807) is 0 Å². The summed E-state index contributed by atoms with van der Waals surface area (Å²) in [6, 6.07) is 8.59. The normalized spacial score (nSPS) is 11.2. The van der Waals surface area contributed by atoms with Crippen molar-refractivity contribution in [1.29, 1.82) is 0 Å². The summed E-state index contributed by atoms with van der Waals surface area (Å²) in [6.45, 7) is 1.56.